The van der Waals surface area contributed by atoms with Crippen LogP contribution in [0.3, 0.4) is 0 Å². The first-order valence-electron chi connectivity index (χ1n) is 5.59. The average Bonchev–Trinajstić information content (AvgIpc) is 2.76. The first-order chi connectivity index (χ1) is 7.34. The van der Waals surface area contributed by atoms with Crippen molar-refractivity contribution in [1.29, 1.82) is 0 Å². The molecule has 0 aromatic carbocycles. The van der Waals surface area contributed by atoms with Crippen molar-refractivity contribution in [3.63, 3.8) is 0 Å². The SMILES string of the molecule is C=C/C=C/OCCOC(C)N1CCCC1. The van der Waals surface area contributed by atoms with E-state index < -0.39 is 0 Å². The number of rotatable bonds is 7. The minimum Gasteiger partial charge on any atom is -0.499 e. The molecule has 1 aliphatic rings. The van der Waals surface area contributed by atoms with E-state index in [4.69, 9.17) is 9.47 Å². The van der Waals surface area contributed by atoms with Crippen molar-refractivity contribution in [3.05, 3.63) is 25.0 Å². The highest BCUT2D eigenvalue weighted by Crippen LogP contribution is 2.11. The lowest BCUT2D eigenvalue weighted by atomic mass is 10.4. The number of allylic oxidation sites excluding steroid dienone is 2. The highest BCUT2D eigenvalue weighted by Gasteiger charge is 2.17. The van der Waals surface area contributed by atoms with Crippen molar-refractivity contribution in [2.75, 3.05) is 26.3 Å². The molecule has 1 atom stereocenters. The van der Waals surface area contributed by atoms with E-state index in [0.717, 1.165) is 0 Å². The molecule has 0 aliphatic carbocycles. The molecule has 1 fully saturated rings. The normalized spacial score (nSPS) is 19.5. The Hall–Kier alpha value is -0.800. The summed E-state index contributed by atoms with van der Waals surface area (Å²) < 4.78 is 10.8. The summed E-state index contributed by atoms with van der Waals surface area (Å²) >= 11 is 0. The Morgan fingerprint density at radius 2 is 2.07 bits per heavy atom. The monoisotopic (exact) mass is 211 g/mol. The summed E-state index contributed by atoms with van der Waals surface area (Å²) in [4.78, 5) is 2.36. The van der Waals surface area contributed by atoms with Gasteiger partial charge in [0, 0.05) is 13.1 Å². The second-order valence-corrected chi connectivity index (χ2v) is 3.65. The van der Waals surface area contributed by atoms with Gasteiger partial charge < -0.3 is 9.47 Å². The number of ether oxygens (including phenoxy) is 2. The van der Waals surface area contributed by atoms with E-state index in [1.807, 2.05) is 0 Å². The molecule has 15 heavy (non-hydrogen) atoms. The van der Waals surface area contributed by atoms with Crippen molar-refractivity contribution in [3.8, 4) is 0 Å². The molecule has 0 bridgehead atoms. The summed E-state index contributed by atoms with van der Waals surface area (Å²) in [6.45, 7) is 9.22. The van der Waals surface area contributed by atoms with Gasteiger partial charge in [0.1, 0.15) is 12.8 Å². The maximum absolute atomic E-state index is 5.65. The van der Waals surface area contributed by atoms with Crippen LogP contribution in [0, 0.1) is 0 Å². The van der Waals surface area contributed by atoms with Gasteiger partial charge in [-0.05, 0) is 25.8 Å². The molecule has 1 rings (SSSR count). The molecule has 0 radical (unpaired) electrons. The number of hydrogen-bond acceptors (Lipinski definition) is 3. The Balaban J connectivity index is 1.98. The number of nitrogens with zero attached hydrogens (tertiary/aromatic N) is 1. The predicted octanol–water partition coefficient (Wildman–Crippen LogP) is 2.16. The highest BCUT2D eigenvalue weighted by molar-refractivity contribution is 4.92. The fourth-order valence-electron chi connectivity index (χ4n) is 1.66. The maximum atomic E-state index is 5.65. The van der Waals surface area contributed by atoms with Gasteiger partial charge in [-0.15, -0.1) is 0 Å². The van der Waals surface area contributed by atoms with E-state index in [2.05, 4.69) is 18.4 Å². The molecule has 1 saturated heterocycles. The molecule has 1 heterocycles. The number of hydrogen-bond donors (Lipinski definition) is 0. The van der Waals surface area contributed by atoms with E-state index in [9.17, 15) is 0 Å². The number of likely N-dealkylation sites (tertiary alicyclic amines) is 1. The molecule has 3 nitrogen and oxygen atoms in total. The molecule has 1 aliphatic heterocycles. The van der Waals surface area contributed by atoms with Crippen molar-refractivity contribution in [2.24, 2.45) is 0 Å². The van der Waals surface area contributed by atoms with Crippen LogP contribution in [0.4, 0.5) is 0 Å². The zero-order chi connectivity index (χ0) is 10.9. The summed E-state index contributed by atoms with van der Waals surface area (Å²) in [6, 6.07) is 0. The summed E-state index contributed by atoms with van der Waals surface area (Å²) in [6.07, 6.45) is 7.91. The second-order valence-electron chi connectivity index (χ2n) is 3.65. The van der Waals surface area contributed by atoms with Gasteiger partial charge in [-0.1, -0.05) is 12.7 Å². The van der Waals surface area contributed by atoms with Crippen LogP contribution in [0.5, 0.6) is 0 Å². The standard InChI is InChI=1S/C12H21NO2/c1-3-4-9-14-10-11-15-12(2)13-7-5-6-8-13/h3-4,9,12H,1,5-8,10-11H2,2H3/b9-4+. The largest absolute Gasteiger partial charge is 0.499 e. The van der Waals surface area contributed by atoms with Gasteiger partial charge in [0.05, 0.1) is 12.9 Å². The third kappa shape index (κ3) is 5.00. The van der Waals surface area contributed by atoms with Crippen molar-refractivity contribution in [2.45, 2.75) is 26.0 Å². The third-order valence-electron chi connectivity index (χ3n) is 2.53. The molecule has 1 unspecified atom stereocenters. The van der Waals surface area contributed by atoms with Crippen LogP contribution in [-0.2, 0) is 9.47 Å². The minimum atomic E-state index is 0.222. The lowest BCUT2D eigenvalue weighted by Crippen LogP contribution is -2.33. The van der Waals surface area contributed by atoms with Gasteiger partial charge in [0.15, 0.2) is 0 Å². The van der Waals surface area contributed by atoms with Crippen LogP contribution < -0.4 is 0 Å². The van der Waals surface area contributed by atoms with E-state index in [-0.39, 0.29) is 6.23 Å². The fraction of sp³-hybridized carbons (Fsp3) is 0.667. The lowest BCUT2D eigenvalue weighted by molar-refractivity contribution is -0.0491. The van der Waals surface area contributed by atoms with Crippen LogP contribution in [0.2, 0.25) is 0 Å². The van der Waals surface area contributed by atoms with Crippen molar-refractivity contribution in [1.82, 2.24) is 4.90 Å². The highest BCUT2D eigenvalue weighted by atomic mass is 16.5. The van der Waals surface area contributed by atoms with Crippen LogP contribution >= 0.6 is 0 Å². The zero-order valence-corrected chi connectivity index (χ0v) is 9.52. The van der Waals surface area contributed by atoms with Gasteiger partial charge in [-0.2, -0.15) is 0 Å². The Morgan fingerprint density at radius 3 is 2.73 bits per heavy atom. The van der Waals surface area contributed by atoms with Gasteiger partial charge >= 0.3 is 0 Å². The third-order valence-corrected chi connectivity index (χ3v) is 2.53. The Bertz CT molecular complexity index is 198. The molecule has 0 aromatic rings. The quantitative estimate of drug-likeness (QED) is 0.366. The molecular weight excluding hydrogens is 190 g/mol. The summed E-state index contributed by atoms with van der Waals surface area (Å²) in [5, 5.41) is 0. The lowest BCUT2D eigenvalue weighted by Gasteiger charge is -2.23. The van der Waals surface area contributed by atoms with Crippen LogP contribution in [0.25, 0.3) is 0 Å². The molecule has 0 saturated carbocycles. The zero-order valence-electron chi connectivity index (χ0n) is 9.52. The van der Waals surface area contributed by atoms with E-state index >= 15 is 0 Å². The summed E-state index contributed by atoms with van der Waals surface area (Å²) in [5.74, 6) is 0. The predicted molar refractivity (Wildman–Crippen MR) is 61.5 cm³/mol. The Labute approximate surface area is 92.4 Å². The van der Waals surface area contributed by atoms with Gasteiger partial charge in [0.25, 0.3) is 0 Å². The maximum Gasteiger partial charge on any atom is 0.111 e. The van der Waals surface area contributed by atoms with Crippen LogP contribution in [-0.4, -0.2) is 37.4 Å². The molecule has 0 N–H and O–H groups in total. The Kier molecular flexibility index (Phi) is 6.12. The van der Waals surface area contributed by atoms with Gasteiger partial charge in [0.2, 0.25) is 0 Å². The van der Waals surface area contributed by atoms with Crippen LogP contribution in [0.1, 0.15) is 19.8 Å². The fourth-order valence-corrected chi connectivity index (χ4v) is 1.66. The van der Waals surface area contributed by atoms with Gasteiger partial charge in [-0.25, -0.2) is 0 Å². The molecule has 0 spiro atoms. The molecule has 3 heteroatoms. The smallest absolute Gasteiger partial charge is 0.111 e. The Morgan fingerprint density at radius 1 is 1.33 bits per heavy atom. The minimum absolute atomic E-state index is 0.222. The average molecular weight is 211 g/mol. The first kappa shape index (κ1) is 12.3. The van der Waals surface area contributed by atoms with Crippen molar-refractivity contribution < 1.29 is 9.47 Å². The van der Waals surface area contributed by atoms with E-state index in [1.54, 1.807) is 18.4 Å². The second kappa shape index (κ2) is 7.49. The topological polar surface area (TPSA) is 21.7 Å². The van der Waals surface area contributed by atoms with E-state index in [0.29, 0.717) is 13.2 Å². The molecule has 86 valence electrons. The molecule has 0 aromatic heterocycles. The summed E-state index contributed by atoms with van der Waals surface area (Å²) in [5.41, 5.74) is 0. The first-order valence-corrected chi connectivity index (χ1v) is 5.59. The molecular formula is C12H21NO2. The van der Waals surface area contributed by atoms with E-state index in [1.165, 1.54) is 25.9 Å². The summed E-state index contributed by atoms with van der Waals surface area (Å²) in [7, 11) is 0. The molecule has 0 amide bonds. The van der Waals surface area contributed by atoms with Crippen molar-refractivity contribution >= 4 is 0 Å². The van der Waals surface area contributed by atoms with Gasteiger partial charge in [-0.3, -0.25) is 4.90 Å². The van der Waals surface area contributed by atoms with Crippen LogP contribution in [0.15, 0.2) is 25.0 Å².